The fourth-order valence-electron chi connectivity index (χ4n) is 3.03. The molecule has 7 nitrogen and oxygen atoms in total. The van der Waals surface area contributed by atoms with E-state index in [4.69, 9.17) is 0 Å². The molecule has 7 heteroatoms. The van der Waals surface area contributed by atoms with E-state index in [9.17, 15) is 14.4 Å². The van der Waals surface area contributed by atoms with Gasteiger partial charge < -0.3 is 20.7 Å². The van der Waals surface area contributed by atoms with Gasteiger partial charge >= 0.3 is 5.97 Å². The lowest BCUT2D eigenvalue weighted by Crippen LogP contribution is -2.21. The molecule has 0 aliphatic rings. The third kappa shape index (κ3) is 6.98. The fourth-order valence-corrected chi connectivity index (χ4v) is 3.03. The number of ether oxygens (including phenoxy) is 1. The van der Waals surface area contributed by atoms with Crippen molar-refractivity contribution in [1.82, 2.24) is 0 Å². The molecule has 0 bridgehead atoms. The van der Waals surface area contributed by atoms with Crippen LogP contribution in [0, 0.1) is 0 Å². The molecule has 2 amide bonds. The summed E-state index contributed by atoms with van der Waals surface area (Å²) in [6.45, 7) is 0.0458. The Balaban J connectivity index is 1.46. The van der Waals surface area contributed by atoms with Gasteiger partial charge in [-0.3, -0.25) is 9.59 Å². The minimum Gasteiger partial charge on any atom is -0.465 e. The van der Waals surface area contributed by atoms with Gasteiger partial charge in [0.2, 0.25) is 11.8 Å². The van der Waals surface area contributed by atoms with Crippen molar-refractivity contribution in [1.29, 1.82) is 0 Å². The third-order valence-corrected chi connectivity index (χ3v) is 4.67. The summed E-state index contributed by atoms with van der Waals surface area (Å²) in [7, 11) is 1.31. The Morgan fingerprint density at radius 3 is 2.16 bits per heavy atom. The maximum atomic E-state index is 12.2. The van der Waals surface area contributed by atoms with E-state index in [-0.39, 0.29) is 18.4 Å². The number of nitrogens with one attached hydrogen (secondary N) is 3. The van der Waals surface area contributed by atoms with Crippen LogP contribution in [0.15, 0.2) is 78.9 Å². The van der Waals surface area contributed by atoms with Gasteiger partial charge in [-0.25, -0.2) is 4.79 Å². The standard InChI is InChI=1S/C25H25N3O4/c1-32-25(31)19-11-13-20(14-12-19)27-24(30)17-26-21-8-5-9-22(16-21)28-23(29)15-10-18-6-3-2-4-7-18/h2-9,11-14,16,26H,10,15,17H2,1H3,(H,27,30)(H,28,29). The SMILES string of the molecule is COC(=O)c1ccc(NC(=O)CNc2cccc(NC(=O)CCc3ccccc3)c2)cc1. The number of rotatable bonds is 9. The van der Waals surface area contributed by atoms with Crippen LogP contribution in [-0.4, -0.2) is 31.4 Å². The molecular formula is C25H25N3O4. The normalized spacial score (nSPS) is 10.2. The zero-order chi connectivity index (χ0) is 22.8. The summed E-state index contributed by atoms with van der Waals surface area (Å²) in [4.78, 5) is 35.9. The number of aryl methyl sites for hydroxylation is 1. The van der Waals surface area contributed by atoms with Crippen molar-refractivity contribution in [2.75, 3.05) is 29.6 Å². The average Bonchev–Trinajstić information content (AvgIpc) is 2.82. The van der Waals surface area contributed by atoms with E-state index >= 15 is 0 Å². The minimum absolute atomic E-state index is 0.0458. The number of amides is 2. The van der Waals surface area contributed by atoms with Gasteiger partial charge in [-0.1, -0.05) is 36.4 Å². The van der Waals surface area contributed by atoms with E-state index in [1.807, 2.05) is 36.4 Å². The summed E-state index contributed by atoms with van der Waals surface area (Å²) in [6.07, 6.45) is 1.06. The number of methoxy groups -OCH3 is 1. The van der Waals surface area contributed by atoms with Crippen molar-refractivity contribution in [3.05, 3.63) is 90.0 Å². The Labute approximate surface area is 186 Å². The number of carbonyl (C=O) groups is 3. The van der Waals surface area contributed by atoms with Crippen LogP contribution in [0.2, 0.25) is 0 Å². The first-order valence-corrected chi connectivity index (χ1v) is 10.2. The van der Waals surface area contributed by atoms with Gasteiger partial charge in [0.05, 0.1) is 19.2 Å². The zero-order valence-electron chi connectivity index (χ0n) is 17.8. The highest BCUT2D eigenvalue weighted by Crippen LogP contribution is 2.16. The van der Waals surface area contributed by atoms with Gasteiger partial charge in [0, 0.05) is 23.5 Å². The molecule has 32 heavy (non-hydrogen) atoms. The predicted molar refractivity (Wildman–Crippen MR) is 125 cm³/mol. The summed E-state index contributed by atoms with van der Waals surface area (Å²) in [5.41, 5.74) is 3.47. The minimum atomic E-state index is -0.434. The Bertz CT molecular complexity index is 1070. The lowest BCUT2D eigenvalue weighted by molar-refractivity contribution is -0.116. The molecule has 164 valence electrons. The maximum Gasteiger partial charge on any atom is 0.337 e. The highest BCUT2D eigenvalue weighted by molar-refractivity contribution is 5.95. The first kappa shape index (κ1) is 22.6. The lowest BCUT2D eigenvalue weighted by Gasteiger charge is -2.10. The van der Waals surface area contributed by atoms with Crippen LogP contribution < -0.4 is 16.0 Å². The molecule has 0 saturated heterocycles. The van der Waals surface area contributed by atoms with Crippen LogP contribution in [-0.2, 0) is 20.7 Å². The van der Waals surface area contributed by atoms with Crippen molar-refractivity contribution in [2.45, 2.75) is 12.8 Å². The van der Waals surface area contributed by atoms with Crippen molar-refractivity contribution in [3.63, 3.8) is 0 Å². The van der Waals surface area contributed by atoms with Gasteiger partial charge in [0.15, 0.2) is 0 Å². The van der Waals surface area contributed by atoms with Crippen LogP contribution in [0.25, 0.3) is 0 Å². The van der Waals surface area contributed by atoms with Crippen LogP contribution in [0.4, 0.5) is 17.1 Å². The number of anilines is 3. The predicted octanol–water partition coefficient (Wildman–Crippen LogP) is 4.10. The largest absolute Gasteiger partial charge is 0.465 e. The van der Waals surface area contributed by atoms with Gasteiger partial charge in [-0.2, -0.15) is 0 Å². The lowest BCUT2D eigenvalue weighted by atomic mass is 10.1. The smallest absolute Gasteiger partial charge is 0.337 e. The van der Waals surface area contributed by atoms with Crippen molar-refractivity contribution in [3.8, 4) is 0 Å². The number of esters is 1. The molecule has 3 aromatic rings. The average molecular weight is 431 g/mol. The van der Waals surface area contributed by atoms with E-state index in [2.05, 4.69) is 20.7 Å². The molecule has 3 rings (SSSR count). The second-order valence-corrected chi connectivity index (χ2v) is 7.09. The van der Waals surface area contributed by atoms with E-state index in [1.165, 1.54) is 7.11 Å². The topological polar surface area (TPSA) is 96.5 Å². The third-order valence-electron chi connectivity index (χ3n) is 4.67. The van der Waals surface area contributed by atoms with Crippen LogP contribution in [0.5, 0.6) is 0 Å². The molecule has 3 aromatic carbocycles. The van der Waals surface area contributed by atoms with Crippen LogP contribution >= 0.6 is 0 Å². The summed E-state index contributed by atoms with van der Waals surface area (Å²) >= 11 is 0. The van der Waals surface area contributed by atoms with Crippen molar-refractivity contribution in [2.24, 2.45) is 0 Å². The second-order valence-electron chi connectivity index (χ2n) is 7.09. The molecule has 0 radical (unpaired) electrons. The molecular weight excluding hydrogens is 406 g/mol. The van der Waals surface area contributed by atoms with Gasteiger partial charge in [-0.05, 0) is 54.4 Å². The van der Waals surface area contributed by atoms with E-state index in [1.54, 1.807) is 42.5 Å². The van der Waals surface area contributed by atoms with Crippen molar-refractivity contribution < 1.29 is 19.1 Å². The summed E-state index contributed by atoms with van der Waals surface area (Å²) in [5.74, 6) is -0.746. The number of benzene rings is 3. The maximum absolute atomic E-state index is 12.2. The van der Waals surface area contributed by atoms with Gasteiger partial charge in [0.25, 0.3) is 0 Å². The highest BCUT2D eigenvalue weighted by Gasteiger charge is 2.07. The molecule has 0 unspecified atom stereocenters. The van der Waals surface area contributed by atoms with Crippen LogP contribution in [0.1, 0.15) is 22.3 Å². The highest BCUT2D eigenvalue weighted by atomic mass is 16.5. The molecule has 0 aromatic heterocycles. The summed E-state index contributed by atoms with van der Waals surface area (Å²) < 4.78 is 4.65. The fraction of sp³-hybridized carbons (Fsp3) is 0.160. The number of hydrogen-bond donors (Lipinski definition) is 3. The molecule has 0 heterocycles. The quantitative estimate of drug-likeness (QED) is 0.444. The Morgan fingerprint density at radius 1 is 0.750 bits per heavy atom. The Hall–Kier alpha value is -4.13. The first-order chi connectivity index (χ1) is 15.5. The molecule has 0 aliphatic heterocycles. The van der Waals surface area contributed by atoms with E-state index in [0.717, 1.165) is 5.56 Å². The Morgan fingerprint density at radius 2 is 1.44 bits per heavy atom. The van der Waals surface area contributed by atoms with Crippen molar-refractivity contribution >= 4 is 34.8 Å². The summed E-state index contributed by atoms with van der Waals surface area (Å²) in [6, 6.07) is 23.5. The molecule has 3 N–H and O–H groups in total. The first-order valence-electron chi connectivity index (χ1n) is 10.2. The molecule has 0 aliphatic carbocycles. The van der Waals surface area contributed by atoms with Gasteiger partial charge in [-0.15, -0.1) is 0 Å². The molecule has 0 spiro atoms. The monoisotopic (exact) mass is 431 g/mol. The number of hydrogen-bond acceptors (Lipinski definition) is 5. The number of carbonyl (C=O) groups excluding carboxylic acids is 3. The summed E-state index contributed by atoms with van der Waals surface area (Å²) in [5, 5.41) is 8.67. The molecule has 0 saturated carbocycles. The van der Waals surface area contributed by atoms with E-state index in [0.29, 0.717) is 35.5 Å². The van der Waals surface area contributed by atoms with Crippen LogP contribution in [0.3, 0.4) is 0 Å². The Kier molecular flexibility index (Phi) is 7.97. The molecule has 0 atom stereocenters. The molecule has 0 fully saturated rings. The zero-order valence-corrected chi connectivity index (χ0v) is 17.8. The van der Waals surface area contributed by atoms with E-state index < -0.39 is 5.97 Å². The second kappa shape index (κ2) is 11.3. The van der Waals surface area contributed by atoms with Gasteiger partial charge in [0.1, 0.15) is 0 Å².